The van der Waals surface area contributed by atoms with E-state index in [2.05, 4.69) is 16.9 Å². The smallest absolute Gasteiger partial charge is 0.382 e. The Morgan fingerprint density at radius 3 is 2.73 bits per heavy atom. The molecule has 8 nitrogen and oxygen atoms in total. The summed E-state index contributed by atoms with van der Waals surface area (Å²) in [5.41, 5.74) is 8.31. The highest BCUT2D eigenvalue weighted by atomic mass is 31.2. The van der Waals surface area contributed by atoms with Crippen LogP contribution in [0.2, 0.25) is 0 Å². The molecule has 1 aromatic carbocycles. The first-order valence-electron chi connectivity index (χ1n) is 8.57. The summed E-state index contributed by atoms with van der Waals surface area (Å²) in [5.74, 6) is 1.16. The van der Waals surface area contributed by atoms with Crippen molar-refractivity contribution in [1.82, 2.24) is 14.5 Å². The van der Waals surface area contributed by atoms with Crippen molar-refractivity contribution in [1.29, 1.82) is 0 Å². The molecule has 2 heterocycles. The van der Waals surface area contributed by atoms with E-state index in [4.69, 9.17) is 20.0 Å². The second-order valence-electron chi connectivity index (χ2n) is 6.36. The number of nitrogens with two attached hydrogens (primary N) is 1. The van der Waals surface area contributed by atoms with Crippen LogP contribution in [0.3, 0.4) is 0 Å². The lowest BCUT2D eigenvalue weighted by Gasteiger charge is -2.17. The Morgan fingerprint density at radius 2 is 2.04 bits per heavy atom. The van der Waals surface area contributed by atoms with Crippen LogP contribution in [0.15, 0.2) is 24.3 Å². The van der Waals surface area contributed by atoms with Crippen molar-refractivity contribution in [3.8, 4) is 0 Å². The number of hydrogen-bond donors (Lipinski definition) is 3. The van der Waals surface area contributed by atoms with Crippen molar-refractivity contribution in [3.63, 3.8) is 0 Å². The summed E-state index contributed by atoms with van der Waals surface area (Å²) in [4.78, 5) is 27.3. The zero-order valence-electron chi connectivity index (χ0n) is 14.8. The van der Waals surface area contributed by atoms with E-state index in [1.54, 1.807) is 6.92 Å². The number of para-hydroxylation sites is 1. The zero-order chi connectivity index (χ0) is 18.9. The second-order valence-corrected chi connectivity index (χ2v) is 7.55. The number of imidazole rings is 1. The van der Waals surface area contributed by atoms with Crippen LogP contribution in [0.1, 0.15) is 32.5 Å². The van der Waals surface area contributed by atoms with E-state index in [1.165, 1.54) is 0 Å². The number of hydrogen-bond acceptors (Lipinski definition) is 5. The third kappa shape index (κ3) is 3.88. The lowest BCUT2D eigenvalue weighted by atomic mass is 10.2. The van der Waals surface area contributed by atoms with Gasteiger partial charge in [0.1, 0.15) is 11.3 Å². The molecule has 0 radical (unpaired) electrons. The quantitative estimate of drug-likeness (QED) is 0.540. The number of rotatable bonds is 7. The first kappa shape index (κ1) is 18.8. The molecular formula is C17H23N4O4P. The summed E-state index contributed by atoms with van der Waals surface area (Å²) in [5, 5.41) is 0.898. The lowest BCUT2D eigenvalue weighted by Crippen LogP contribution is -2.17. The van der Waals surface area contributed by atoms with Crippen LogP contribution in [0.25, 0.3) is 21.9 Å². The first-order valence-corrected chi connectivity index (χ1v) is 10.1. The van der Waals surface area contributed by atoms with Crippen LogP contribution in [0, 0.1) is 0 Å². The van der Waals surface area contributed by atoms with Crippen molar-refractivity contribution in [2.75, 3.05) is 5.73 Å². The molecule has 1 unspecified atom stereocenters. The number of phosphoric ester groups is 1. The molecule has 0 amide bonds. The summed E-state index contributed by atoms with van der Waals surface area (Å²) in [6.45, 7) is 3.98. The normalized spacial score (nSPS) is 13.5. The number of nitrogen functional groups attached to an aromatic ring is 1. The number of aryl methyl sites for hydroxylation is 1. The van der Waals surface area contributed by atoms with E-state index in [0.717, 1.165) is 41.5 Å². The third-order valence-electron chi connectivity index (χ3n) is 4.20. The molecule has 2 aromatic heterocycles. The van der Waals surface area contributed by atoms with E-state index in [9.17, 15) is 4.57 Å². The fourth-order valence-electron chi connectivity index (χ4n) is 3.15. The molecule has 0 saturated heterocycles. The van der Waals surface area contributed by atoms with Gasteiger partial charge in [-0.25, -0.2) is 14.5 Å². The largest absolute Gasteiger partial charge is 0.469 e. The van der Waals surface area contributed by atoms with Crippen molar-refractivity contribution in [2.45, 2.75) is 45.8 Å². The van der Waals surface area contributed by atoms with Gasteiger partial charge < -0.3 is 20.1 Å². The maximum absolute atomic E-state index is 11.2. The molecule has 3 aromatic rings. The zero-order valence-corrected chi connectivity index (χ0v) is 15.7. The minimum absolute atomic E-state index is 0.258. The Morgan fingerprint density at radius 1 is 1.31 bits per heavy atom. The molecule has 1 atom stereocenters. The van der Waals surface area contributed by atoms with Gasteiger partial charge in [-0.15, -0.1) is 0 Å². The molecule has 0 aliphatic carbocycles. The van der Waals surface area contributed by atoms with Crippen LogP contribution < -0.4 is 5.73 Å². The molecule has 4 N–H and O–H groups in total. The van der Waals surface area contributed by atoms with Gasteiger partial charge in [-0.1, -0.05) is 31.5 Å². The number of pyridine rings is 1. The Labute approximate surface area is 151 Å². The number of aromatic nitrogens is 3. The molecule has 9 heteroatoms. The number of benzene rings is 1. The van der Waals surface area contributed by atoms with E-state index < -0.39 is 13.9 Å². The predicted molar refractivity (Wildman–Crippen MR) is 101 cm³/mol. The fourth-order valence-corrected chi connectivity index (χ4v) is 3.69. The van der Waals surface area contributed by atoms with Crippen LogP contribution in [0.5, 0.6) is 0 Å². The molecule has 0 fully saturated rings. The number of phosphoric acid groups is 1. The molecule has 0 aliphatic heterocycles. The average Bonchev–Trinajstić information content (AvgIpc) is 2.90. The van der Waals surface area contributed by atoms with E-state index in [0.29, 0.717) is 11.3 Å². The summed E-state index contributed by atoms with van der Waals surface area (Å²) >= 11 is 0. The van der Waals surface area contributed by atoms with Crippen molar-refractivity contribution in [2.24, 2.45) is 0 Å². The van der Waals surface area contributed by atoms with Gasteiger partial charge in [0.05, 0.1) is 23.7 Å². The summed E-state index contributed by atoms with van der Waals surface area (Å²) in [6, 6.07) is 7.63. The summed E-state index contributed by atoms with van der Waals surface area (Å²) < 4.78 is 18.0. The maximum atomic E-state index is 11.2. The van der Waals surface area contributed by atoms with Crippen LogP contribution in [-0.2, 0) is 22.1 Å². The fraction of sp³-hybridized carbons (Fsp3) is 0.412. The molecule has 0 bridgehead atoms. The van der Waals surface area contributed by atoms with Gasteiger partial charge in [-0.2, -0.15) is 0 Å². The number of nitrogens with zero attached hydrogens (tertiary/aromatic N) is 3. The lowest BCUT2D eigenvalue weighted by molar-refractivity contribution is 0.132. The Hall–Kier alpha value is -1.99. The Bertz CT molecular complexity index is 982. The molecule has 140 valence electrons. The highest BCUT2D eigenvalue weighted by Gasteiger charge is 2.23. The topological polar surface area (TPSA) is 123 Å². The van der Waals surface area contributed by atoms with Crippen LogP contribution in [-0.4, -0.2) is 30.4 Å². The monoisotopic (exact) mass is 378 g/mol. The van der Waals surface area contributed by atoms with Gasteiger partial charge in [-0.3, -0.25) is 4.52 Å². The summed E-state index contributed by atoms with van der Waals surface area (Å²) in [6.07, 6.45) is 2.00. The second kappa shape index (κ2) is 7.32. The van der Waals surface area contributed by atoms with E-state index >= 15 is 0 Å². The van der Waals surface area contributed by atoms with Gasteiger partial charge >= 0.3 is 7.82 Å². The Balaban J connectivity index is 2.17. The Kier molecular flexibility index (Phi) is 5.29. The molecule has 0 saturated carbocycles. The molecule has 0 aliphatic rings. The van der Waals surface area contributed by atoms with E-state index in [-0.39, 0.29) is 6.54 Å². The van der Waals surface area contributed by atoms with Gasteiger partial charge in [0.2, 0.25) is 0 Å². The number of unbranched alkanes of at least 4 members (excludes halogenated alkanes) is 1. The first-order chi connectivity index (χ1) is 12.3. The minimum atomic E-state index is -4.57. The van der Waals surface area contributed by atoms with Crippen molar-refractivity contribution in [3.05, 3.63) is 30.1 Å². The third-order valence-corrected chi connectivity index (χ3v) is 4.83. The summed E-state index contributed by atoms with van der Waals surface area (Å²) in [7, 11) is -4.57. The van der Waals surface area contributed by atoms with Crippen molar-refractivity contribution < 1.29 is 18.9 Å². The minimum Gasteiger partial charge on any atom is -0.382 e. The molecule has 0 spiro atoms. The molecule has 26 heavy (non-hydrogen) atoms. The van der Waals surface area contributed by atoms with Gasteiger partial charge in [0, 0.05) is 11.8 Å². The van der Waals surface area contributed by atoms with Crippen molar-refractivity contribution >= 4 is 35.6 Å². The van der Waals surface area contributed by atoms with Crippen LogP contribution >= 0.6 is 7.82 Å². The van der Waals surface area contributed by atoms with Gasteiger partial charge in [0.15, 0.2) is 5.82 Å². The number of anilines is 1. The van der Waals surface area contributed by atoms with Gasteiger partial charge in [0.25, 0.3) is 0 Å². The van der Waals surface area contributed by atoms with Gasteiger partial charge in [-0.05, 0) is 19.4 Å². The highest BCUT2D eigenvalue weighted by molar-refractivity contribution is 7.46. The average molecular weight is 378 g/mol. The standard InChI is InChI=1S/C17H23N4O4P/c1-3-4-9-14-20-15-16(21(14)10-11(2)25-26(22,23)24)12-7-5-6-8-13(12)19-17(15)18/h5-8,11H,3-4,9-10H2,1-2H3,(H2,18,19)(H2,22,23,24). The molecule has 3 rings (SSSR count). The maximum Gasteiger partial charge on any atom is 0.469 e. The SMILES string of the molecule is CCCCc1nc2c(N)nc3ccccc3c2n1CC(C)OP(=O)(O)O. The van der Waals surface area contributed by atoms with Crippen LogP contribution in [0.4, 0.5) is 5.82 Å². The van der Waals surface area contributed by atoms with E-state index in [1.807, 2.05) is 28.8 Å². The predicted octanol–water partition coefficient (Wildman–Crippen LogP) is 3.01. The molecular weight excluding hydrogens is 355 g/mol. The number of fused-ring (bicyclic) bond motifs is 3. The highest BCUT2D eigenvalue weighted by Crippen LogP contribution is 2.38.